The Morgan fingerprint density at radius 2 is 2.13 bits per heavy atom. The predicted molar refractivity (Wildman–Crippen MR) is 94.4 cm³/mol. The monoisotopic (exact) mass is 310 g/mol. The normalized spacial score (nSPS) is 27.4. The first-order valence-electron chi connectivity index (χ1n) is 8.98. The zero-order chi connectivity index (χ0) is 16.0. The SMILES string of the molecule is CC(=O)N1c2ccc(C3=CCNCC3)cc2CC(C)[C@@H]1C1CC1. The summed E-state index contributed by atoms with van der Waals surface area (Å²) < 4.78 is 0. The summed E-state index contributed by atoms with van der Waals surface area (Å²) in [7, 11) is 0. The van der Waals surface area contributed by atoms with Gasteiger partial charge in [0.2, 0.25) is 5.91 Å². The lowest BCUT2D eigenvalue weighted by Crippen LogP contribution is -2.48. The van der Waals surface area contributed by atoms with E-state index in [0.717, 1.165) is 31.6 Å². The Balaban J connectivity index is 1.72. The third-order valence-electron chi connectivity index (χ3n) is 5.64. The van der Waals surface area contributed by atoms with Crippen molar-refractivity contribution >= 4 is 17.2 Å². The van der Waals surface area contributed by atoms with Gasteiger partial charge < -0.3 is 10.2 Å². The summed E-state index contributed by atoms with van der Waals surface area (Å²) in [5.41, 5.74) is 5.29. The van der Waals surface area contributed by atoms with Crippen LogP contribution >= 0.6 is 0 Å². The number of carbonyl (C=O) groups is 1. The van der Waals surface area contributed by atoms with Crippen LogP contribution in [-0.4, -0.2) is 25.0 Å². The molecule has 4 rings (SSSR count). The molecule has 2 heterocycles. The second kappa shape index (κ2) is 5.79. The zero-order valence-electron chi connectivity index (χ0n) is 14.1. The number of rotatable bonds is 2. The lowest BCUT2D eigenvalue weighted by molar-refractivity contribution is -0.117. The van der Waals surface area contributed by atoms with E-state index in [4.69, 9.17) is 0 Å². The molecule has 1 saturated carbocycles. The fraction of sp³-hybridized carbons (Fsp3) is 0.550. The van der Waals surface area contributed by atoms with Gasteiger partial charge in [-0.1, -0.05) is 19.1 Å². The smallest absolute Gasteiger partial charge is 0.224 e. The molecule has 1 aromatic rings. The molecule has 0 radical (unpaired) electrons. The van der Waals surface area contributed by atoms with Crippen LogP contribution in [0, 0.1) is 11.8 Å². The zero-order valence-corrected chi connectivity index (χ0v) is 14.1. The molecule has 1 aliphatic carbocycles. The van der Waals surface area contributed by atoms with Crippen LogP contribution in [0.5, 0.6) is 0 Å². The Morgan fingerprint density at radius 1 is 1.30 bits per heavy atom. The van der Waals surface area contributed by atoms with Crippen LogP contribution in [0.25, 0.3) is 5.57 Å². The molecular formula is C20H26N2O. The van der Waals surface area contributed by atoms with Gasteiger partial charge in [-0.15, -0.1) is 0 Å². The van der Waals surface area contributed by atoms with E-state index < -0.39 is 0 Å². The number of nitrogens with zero attached hydrogens (tertiary/aromatic N) is 1. The van der Waals surface area contributed by atoms with E-state index in [1.54, 1.807) is 6.92 Å². The maximum absolute atomic E-state index is 12.3. The van der Waals surface area contributed by atoms with E-state index >= 15 is 0 Å². The highest BCUT2D eigenvalue weighted by molar-refractivity contribution is 5.94. The first-order valence-corrected chi connectivity index (χ1v) is 8.98. The summed E-state index contributed by atoms with van der Waals surface area (Å²) >= 11 is 0. The van der Waals surface area contributed by atoms with Crippen LogP contribution < -0.4 is 10.2 Å². The molecular weight excluding hydrogens is 284 g/mol. The summed E-state index contributed by atoms with van der Waals surface area (Å²) in [5.74, 6) is 1.47. The van der Waals surface area contributed by atoms with Gasteiger partial charge in [0.15, 0.2) is 0 Å². The lowest BCUT2D eigenvalue weighted by atomic mass is 9.83. The molecule has 0 saturated heterocycles. The van der Waals surface area contributed by atoms with Gasteiger partial charge in [-0.2, -0.15) is 0 Å². The summed E-state index contributed by atoms with van der Waals surface area (Å²) in [4.78, 5) is 14.4. The first kappa shape index (κ1) is 14.9. The van der Waals surface area contributed by atoms with Crippen LogP contribution in [-0.2, 0) is 11.2 Å². The van der Waals surface area contributed by atoms with Gasteiger partial charge in [0.1, 0.15) is 0 Å². The molecule has 1 aromatic carbocycles. The average molecular weight is 310 g/mol. The molecule has 1 amide bonds. The first-order chi connectivity index (χ1) is 11.1. The fourth-order valence-corrected chi connectivity index (χ4v) is 4.44. The number of anilines is 1. The quantitative estimate of drug-likeness (QED) is 0.908. The minimum Gasteiger partial charge on any atom is -0.313 e. The van der Waals surface area contributed by atoms with E-state index in [2.05, 4.69) is 41.4 Å². The molecule has 0 aromatic heterocycles. The summed E-state index contributed by atoms with van der Waals surface area (Å²) in [6.07, 6.45) is 7.06. The molecule has 2 aliphatic heterocycles. The van der Waals surface area contributed by atoms with Crippen LogP contribution in [0.4, 0.5) is 5.69 Å². The van der Waals surface area contributed by atoms with Crippen molar-refractivity contribution in [2.75, 3.05) is 18.0 Å². The highest BCUT2D eigenvalue weighted by Gasteiger charge is 2.43. The number of benzene rings is 1. The Kier molecular flexibility index (Phi) is 3.76. The minimum absolute atomic E-state index is 0.198. The van der Waals surface area contributed by atoms with Crippen molar-refractivity contribution < 1.29 is 4.79 Å². The maximum atomic E-state index is 12.3. The average Bonchev–Trinajstić information content (AvgIpc) is 3.38. The van der Waals surface area contributed by atoms with Gasteiger partial charge in [-0.3, -0.25) is 4.79 Å². The number of amides is 1. The molecule has 23 heavy (non-hydrogen) atoms. The van der Waals surface area contributed by atoms with E-state index in [0.29, 0.717) is 17.9 Å². The second-order valence-corrected chi connectivity index (χ2v) is 7.43. The standard InChI is InChI=1S/C20H26N2O/c1-13-11-18-12-17(15-7-9-21-10-8-15)5-6-19(18)22(14(2)23)20(13)16-3-4-16/h5-7,12-13,16,20-21H,3-4,8-11H2,1-2H3/t13?,20-/m1/s1. The van der Waals surface area contributed by atoms with E-state index in [1.807, 2.05) is 0 Å². The van der Waals surface area contributed by atoms with Crippen LogP contribution in [0.2, 0.25) is 0 Å². The molecule has 1 unspecified atom stereocenters. The fourth-order valence-electron chi connectivity index (χ4n) is 4.44. The topological polar surface area (TPSA) is 32.3 Å². The third kappa shape index (κ3) is 2.72. The molecule has 3 heteroatoms. The Labute approximate surface area is 138 Å². The third-order valence-corrected chi connectivity index (χ3v) is 5.64. The van der Waals surface area contributed by atoms with Crippen molar-refractivity contribution in [2.45, 2.75) is 45.6 Å². The van der Waals surface area contributed by atoms with E-state index in [9.17, 15) is 4.79 Å². The number of fused-ring (bicyclic) bond motifs is 1. The molecule has 1 fully saturated rings. The highest BCUT2D eigenvalue weighted by Crippen LogP contribution is 2.45. The van der Waals surface area contributed by atoms with Gasteiger partial charge in [0.25, 0.3) is 0 Å². The number of carbonyl (C=O) groups excluding carboxylic acids is 1. The largest absolute Gasteiger partial charge is 0.313 e. The molecule has 2 atom stereocenters. The minimum atomic E-state index is 0.198. The summed E-state index contributed by atoms with van der Waals surface area (Å²) in [5, 5.41) is 3.37. The van der Waals surface area contributed by atoms with Crippen molar-refractivity contribution in [3.63, 3.8) is 0 Å². The van der Waals surface area contributed by atoms with Crippen molar-refractivity contribution in [2.24, 2.45) is 11.8 Å². The van der Waals surface area contributed by atoms with E-state index in [-0.39, 0.29) is 5.91 Å². The predicted octanol–water partition coefficient (Wildman–Crippen LogP) is 3.39. The van der Waals surface area contributed by atoms with Crippen LogP contribution in [0.3, 0.4) is 0 Å². The Morgan fingerprint density at radius 3 is 2.78 bits per heavy atom. The van der Waals surface area contributed by atoms with Gasteiger partial charge in [-0.25, -0.2) is 0 Å². The highest BCUT2D eigenvalue weighted by atomic mass is 16.2. The van der Waals surface area contributed by atoms with Crippen molar-refractivity contribution in [1.29, 1.82) is 0 Å². The van der Waals surface area contributed by atoms with Crippen LogP contribution in [0.1, 0.15) is 44.2 Å². The Bertz CT molecular complexity index is 660. The molecule has 0 spiro atoms. The maximum Gasteiger partial charge on any atom is 0.224 e. The Hall–Kier alpha value is -1.61. The number of hydrogen-bond acceptors (Lipinski definition) is 2. The number of hydrogen-bond donors (Lipinski definition) is 1. The molecule has 3 aliphatic rings. The van der Waals surface area contributed by atoms with Crippen molar-refractivity contribution in [3.05, 3.63) is 35.4 Å². The van der Waals surface area contributed by atoms with Crippen molar-refractivity contribution in [3.8, 4) is 0 Å². The van der Waals surface area contributed by atoms with Gasteiger partial charge in [0, 0.05) is 25.2 Å². The molecule has 1 N–H and O–H groups in total. The number of nitrogens with one attached hydrogen (secondary N) is 1. The summed E-state index contributed by atoms with van der Waals surface area (Å²) in [6, 6.07) is 7.15. The van der Waals surface area contributed by atoms with Crippen molar-refractivity contribution in [1.82, 2.24) is 5.32 Å². The van der Waals surface area contributed by atoms with Gasteiger partial charge in [-0.05, 0) is 72.9 Å². The van der Waals surface area contributed by atoms with E-state index in [1.165, 1.54) is 29.5 Å². The second-order valence-electron chi connectivity index (χ2n) is 7.43. The molecule has 122 valence electrons. The lowest BCUT2D eigenvalue weighted by Gasteiger charge is -2.41. The molecule has 0 bridgehead atoms. The van der Waals surface area contributed by atoms with Gasteiger partial charge in [0.05, 0.1) is 0 Å². The van der Waals surface area contributed by atoms with Crippen LogP contribution in [0.15, 0.2) is 24.3 Å². The van der Waals surface area contributed by atoms with Gasteiger partial charge >= 0.3 is 0 Å². The summed E-state index contributed by atoms with van der Waals surface area (Å²) in [6.45, 7) is 6.06. The molecule has 3 nitrogen and oxygen atoms in total.